The monoisotopic (exact) mass is 386 g/mol. The molecule has 2 atom stereocenters. The molecule has 1 aromatic carbocycles. The fourth-order valence-electron chi connectivity index (χ4n) is 3.61. The number of piperidine rings is 1. The molecule has 0 unspecified atom stereocenters. The van der Waals surface area contributed by atoms with Crippen molar-refractivity contribution in [2.75, 3.05) is 40.3 Å². The highest BCUT2D eigenvalue weighted by Gasteiger charge is 2.33. The zero-order valence-electron chi connectivity index (χ0n) is 16.4. The van der Waals surface area contributed by atoms with E-state index in [1.807, 2.05) is 0 Å². The van der Waals surface area contributed by atoms with Crippen LogP contribution in [-0.2, 0) is 11.0 Å². The Morgan fingerprint density at radius 1 is 1.30 bits per heavy atom. The van der Waals surface area contributed by atoms with Crippen LogP contribution < -0.4 is 4.74 Å². The number of carbonyl (C=O) groups is 1. The van der Waals surface area contributed by atoms with Crippen molar-refractivity contribution < 1.29 is 22.7 Å². The Morgan fingerprint density at radius 2 is 2.00 bits per heavy atom. The topological polar surface area (TPSA) is 32.8 Å². The third kappa shape index (κ3) is 6.41. The van der Waals surface area contributed by atoms with Crippen LogP contribution in [0.5, 0.6) is 5.75 Å². The van der Waals surface area contributed by atoms with Crippen molar-refractivity contribution in [2.45, 2.75) is 26.4 Å². The van der Waals surface area contributed by atoms with Crippen LogP contribution in [0, 0.1) is 17.8 Å². The first-order valence-corrected chi connectivity index (χ1v) is 9.29. The second kappa shape index (κ2) is 8.95. The first kappa shape index (κ1) is 21.5. The van der Waals surface area contributed by atoms with E-state index < -0.39 is 11.7 Å². The summed E-state index contributed by atoms with van der Waals surface area (Å²) < 4.78 is 44.2. The Hall–Kier alpha value is -1.76. The zero-order valence-corrected chi connectivity index (χ0v) is 16.4. The predicted molar refractivity (Wildman–Crippen MR) is 98.5 cm³/mol. The van der Waals surface area contributed by atoms with Gasteiger partial charge >= 0.3 is 6.18 Å². The van der Waals surface area contributed by atoms with Gasteiger partial charge in [0.2, 0.25) is 5.91 Å². The lowest BCUT2D eigenvalue weighted by Gasteiger charge is -2.38. The molecule has 1 heterocycles. The van der Waals surface area contributed by atoms with Crippen molar-refractivity contribution in [1.82, 2.24) is 9.80 Å². The molecule has 0 bridgehead atoms. The van der Waals surface area contributed by atoms with Gasteiger partial charge in [-0.2, -0.15) is 13.2 Å². The van der Waals surface area contributed by atoms with E-state index in [-0.39, 0.29) is 23.5 Å². The Kier molecular flexibility index (Phi) is 7.14. The molecule has 0 N–H and O–H groups in total. The highest BCUT2D eigenvalue weighted by Crippen LogP contribution is 2.32. The first-order valence-electron chi connectivity index (χ1n) is 9.29. The van der Waals surface area contributed by atoms with Gasteiger partial charge in [-0.1, -0.05) is 19.9 Å². The van der Waals surface area contributed by atoms with Gasteiger partial charge in [-0.3, -0.25) is 4.79 Å². The number of carbonyl (C=O) groups excluding carboxylic acids is 1. The third-order valence-electron chi connectivity index (χ3n) is 4.67. The molecule has 0 radical (unpaired) electrons. The molecule has 1 aromatic rings. The van der Waals surface area contributed by atoms with Crippen LogP contribution in [0.25, 0.3) is 0 Å². The number of alkyl halides is 3. The SMILES string of the molecule is CC(C)CN1C[C@@H](COc2cccc(C(F)(F)F)c2)C[C@@H](C(=O)N(C)C)C1. The largest absolute Gasteiger partial charge is 0.493 e. The lowest BCUT2D eigenvalue weighted by Crippen LogP contribution is -2.48. The molecule has 0 spiro atoms. The van der Waals surface area contributed by atoms with Crippen LogP contribution in [-0.4, -0.2) is 56.0 Å². The molecule has 2 rings (SSSR count). The third-order valence-corrected chi connectivity index (χ3v) is 4.67. The van der Waals surface area contributed by atoms with Gasteiger partial charge in [0.25, 0.3) is 0 Å². The van der Waals surface area contributed by atoms with Gasteiger partial charge in [0.15, 0.2) is 0 Å². The van der Waals surface area contributed by atoms with E-state index in [4.69, 9.17) is 4.74 Å². The van der Waals surface area contributed by atoms with E-state index in [0.717, 1.165) is 31.8 Å². The highest BCUT2D eigenvalue weighted by atomic mass is 19.4. The van der Waals surface area contributed by atoms with Crippen LogP contribution in [0.2, 0.25) is 0 Å². The standard InChI is InChI=1S/C20H29F3N2O2/c1-14(2)10-25-11-15(8-16(12-25)19(26)24(3)4)13-27-18-7-5-6-17(9-18)20(21,22)23/h5-7,9,14-16H,8,10-13H2,1-4H3/t15-,16+/m0/s1. The molecule has 0 aromatic heterocycles. The van der Waals surface area contributed by atoms with E-state index in [2.05, 4.69) is 18.7 Å². The van der Waals surface area contributed by atoms with Crippen LogP contribution in [0.15, 0.2) is 24.3 Å². The summed E-state index contributed by atoms with van der Waals surface area (Å²) in [7, 11) is 3.50. The maximum absolute atomic E-state index is 12.8. The molecular weight excluding hydrogens is 357 g/mol. The molecule has 0 saturated carbocycles. The average molecular weight is 386 g/mol. The maximum Gasteiger partial charge on any atom is 0.416 e. The Labute approximate surface area is 159 Å². The van der Waals surface area contributed by atoms with Crippen molar-refractivity contribution in [3.63, 3.8) is 0 Å². The van der Waals surface area contributed by atoms with Crippen LogP contribution >= 0.6 is 0 Å². The molecule has 152 valence electrons. The number of rotatable bonds is 6. The summed E-state index contributed by atoms with van der Waals surface area (Å²) in [6, 6.07) is 4.94. The molecule has 1 aliphatic heterocycles. The molecule has 1 aliphatic rings. The Morgan fingerprint density at radius 3 is 2.59 bits per heavy atom. The summed E-state index contributed by atoms with van der Waals surface area (Å²) >= 11 is 0. The van der Waals surface area contributed by atoms with Gasteiger partial charge in [0, 0.05) is 39.6 Å². The summed E-state index contributed by atoms with van der Waals surface area (Å²) in [4.78, 5) is 16.3. The minimum atomic E-state index is -4.39. The lowest BCUT2D eigenvalue weighted by molar-refractivity contribution is -0.138. The van der Waals surface area contributed by atoms with E-state index in [1.165, 1.54) is 12.1 Å². The normalized spacial score (nSPS) is 21.3. The number of hydrogen-bond donors (Lipinski definition) is 0. The number of likely N-dealkylation sites (tertiary alicyclic amines) is 1. The number of benzene rings is 1. The molecule has 1 saturated heterocycles. The molecule has 27 heavy (non-hydrogen) atoms. The van der Waals surface area contributed by atoms with Gasteiger partial charge in [0.05, 0.1) is 18.1 Å². The summed E-state index contributed by atoms with van der Waals surface area (Å²) in [6.07, 6.45) is -3.70. The summed E-state index contributed by atoms with van der Waals surface area (Å²) in [5.74, 6) is 0.764. The second-order valence-electron chi connectivity index (χ2n) is 7.98. The molecule has 1 fully saturated rings. The zero-order chi connectivity index (χ0) is 20.2. The highest BCUT2D eigenvalue weighted by molar-refractivity contribution is 5.78. The van der Waals surface area contributed by atoms with Crippen molar-refractivity contribution in [2.24, 2.45) is 17.8 Å². The number of nitrogens with zero attached hydrogens (tertiary/aromatic N) is 2. The lowest BCUT2D eigenvalue weighted by atomic mass is 9.88. The maximum atomic E-state index is 12.8. The second-order valence-corrected chi connectivity index (χ2v) is 7.98. The molecule has 7 heteroatoms. The molecular formula is C20H29F3N2O2. The molecule has 0 aliphatic carbocycles. The predicted octanol–water partition coefficient (Wildman–Crippen LogP) is 3.77. The van der Waals surface area contributed by atoms with Gasteiger partial charge < -0.3 is 14.5 Å². The van der Waals surface area contributed by atoms with E-state index >= 15 is 0 Å². The summed E-state index contributed by atoms with van der Waals surface area (Å²) in [5.41, 5.74) is -0.717. The number of hydrogen-bond acceptors (Lipinski definition) is 3. The molecule has 4 nitrogen and oxygen atoms in total. The summed E-state index contributed by atoms with van der Waals surface area (Å²) in [5, 5.41) is 0. The van der Waals surface area contributed by atoms with Gasteiger partial charge in [-0.15, -0.1) is 0 Å². The van der Waals surface area contributed by atoms with Gasteiger partial charge in [0.1, 0.15) is 5.75 Å². The van der Waals surface area contributed by atoms with Crippen LogP contribution in [0.4, 0.5) is 13.2 Å². The van der Waals surface area contributed by atoms with Gasteiger partial charge in [-0.05, 0) is 30.5 Å². The van der Waals surface area contributed by atoms with E-state index in [1.54, 1.807) is 19.0 Å². The van der Waals surface area contributed by atoms with Crippen molar-refractivity contribution in [3.05, 3.63) is 29.8 Å². The van der Waals surface area contributed by atoms with Crippen molar-refractivity contribution in [1.29, 1.82) is 0 Å². The van der Waals surface area contributed by atoms with Crippen molar-refractivity contribution >= 4 is 5.91 Å². The smallest absolute Gasteiger partial charge is 0.416 e. The minimum absolute atomic E-state index is 0.0903. The average Bonchev–Trinajstić information content (AvgIpc) is 2.58. The Balaban J connectivity index is 2.04. The number of halogens is 3. The van der Waals surface area contributed by atoms with E-state index in [9.17, 15) is 18.0 Å². The quantitative estimate of drug-likeness (QED) is 0.746. The number of ether oxygens (including phenoxy) is 1. The minimum Gasteiger partial charge on any atom is -0.493 e. The fourth-order valence-corrected chi connectivity index (χ4v) is 3.61. The number of amides is 1. The molecule has 1 amide bonds. The fraction of sp³-hybridized carbons (Fsp3) is 0.650. The van der Waals surface area contributed by atoms with Crippen LogP contribution in [0.3, 0.4) is 0 Å². The first-order chi connectivity index (χ1) is 12.6. The summed E-state index contributed by atoms with van der Waals surface area (Å²) in [6.45, 7) is 6.95. The van der Waals surface area contributed by atoms with Crippen LogP contribution in [0.1, 0.15) is 25.8 Å². The Bertz CT molecular complexity index is 632. The van der Waals surface area contributed by atoms with Crippen molar-refractivity contribution in [3.8, 4) is 5.75 Å². The van der Waals surface area contributed by atoms with E-state index in [0.29, 0.717) is 18.9 Å². The van der Waals surface area contributed by atoms with Gasteiger partial charge in [-0.25, -0.2) is 0 Å².